The second-order valence-electron chi connectivity index (χ2n) is 4.80. The van der Waals surface area contributed by atoms with Gasteiger partial charge in [-0.3, -0.25) is 4.79 Å². The van der Waals surface area contributed by atoms with Crippen LogP contribution in [0.2, 0.25) is 0 Å². The van der Waals surface area contributed by atoms with Gasteiger partial charge in [0.1, 0.15) is 0 Å². The van der Waals surface area contributed by atoms with Crippen LogP contribution in [0.4, 0.5) is 4.39 Å². The number of hydrogen-bond donors (Lipinski definition) is 0. The number of ketones is 1. The van der Waals surface area contributed by atoms with Gasteiger partial charge in [0.2, 0.25) is 0 Å². The van der Waals surface area contributed by atoms with Crippen molar-refractivity contribution in [3.05, 3.63) is 29.6 Å². The van der Waals surface area contributed by atoms with E-state index in [0.29, 0.717) is 25.1 Å². The van der Waals surface area contributed by atoms with Crippen molar-refractivity contribution in [2.45, 2.75) is 20.3 Å². The number of carbonyl (C=O) groups excluding carboxylic acids is 1. The molecule has 0 amide bonds. The van der Waals surface area contributed by atoms with E-state index in [0.717, 1.165) is 13.1 Å². The molecule has 1 aliphatic heterocycles. The molecule has 0 N–H and O–H groups in total. The van der Waals surface area contributed by atoms with E-state index in [1.807, 2.05) is 0 Å². The van der Waals surface area contributed by atoms with Crippen molar-refractivity contribution in [1.82, 2.24) is 4.90 Å². The molecule has 1 atom stereocenters. The first kappa shape index (κ1) is 14.0. The largest absolute Gasteiger partial charge is 0.490 e. The number of para-hydroxylation sites is 1. The second-order valence-corrected chi connectivity index (χ2v) is 4.80. The first-order valence-electron chi connectivity index (χ1n) is 6.85. The minimum atomic E-state index is -0.450. The van der Waals surface area contributed by atoms with E-state index in [9.17, 15) is 9.18 Å². The van der Waals surface area contributed by atoms with E-state index in [2.05, 4.69) is 18.7 Å². The molecule has 0 aromatic heterocycles. The Balaban J connectivity index is 2.24. The van der Waals surface area contributed by atoms with Gasteiger partial charge in [0.25, 0.3) is 0 Å². The summed E-state index contributed by atoms with van der Waals surface area (Å²) in [6, 6.07) is 4.55. The first-order chi connectivity index (χ1) is 9.17. The third-order valence-corrected chi connectivity index (χ3v) is 3.69. The Labute approximate surface area is 113 Å². The molecule has 1 aromatic rings. The summed E-state index contributed by atoms with van der Waals surface area (Å²) >= 11 is 0. The fourth-order valence-electron chi connectivity index (χ4n) is 2.47. The van der Waals surface area contributed by atoms with Crippen molar-refractivity contribution < 1.29 is 13.9 Å². The number of benzene rings is 1. The maximum absolute atomic E-state index is 13.7. The molecule has 0 bridgehead atoms. The van der Waals surface area contributed by atoms with Crippen molar-refractivity contribution in [3.63, 3.8) is 0 Å². The van der Waals surface area contributed by atoms with E-state index < -0.39 is 5.82 Å². The maximum atomic E-state index is 13.7. The number of rotatable bonds is 4. The zero-order chi connectivity index (χ0) is 13.8. The van der Waals surface area contributed by atoms with Crippen LogP contribution in [0.1, 0.15) is 30.6 Å². The Morgan fingerprint density at radius 1 is 1.37 bits per heavy atom. The molecule has 1 aliphatic rings. The van der Waals surface area contributed by atoms with Crippen molar-refractivity contribution in [2.75, 3.05) is 26.2 Å². The predicted octanol–water partition coefficient (Wildman–Crippen LogP) is 2.75. The van der Waals surface area contributed by atoms with Crippen molar-refractivity contribution in [2.24, 2.45) is 5.92 Å². The third kappa shape index (κ3) is 2.95. The molecule has 0 radical (unpaired) electrons. The number of ether oxygens (including phenoxy) is 1. The highest BCUT2D eigenvalue weighted by Gasteiger charge is 2.28. The van der Waals surface area contributed by atoms with Gasteiger partial charge in [-0.25, -0.2) is 4.39 Å². The highest BCUT2D eigenvalue weighted by molar-refractivity contribution is 6.00. The van der Waals surface area contributed by atoms with Crippen LogP contribution in [0.5, 0.6) is 5.75 Å². The summed E-state index contributed by atoms with van der Waals surface area (Å²) in [5.41, 5.74) is 0.384. The Hall–Kier alpha value is -1.42. The Morgan fingerprint density at radius 3 is 2.79 bits per heavy atom. The lowest BCUT2D eigenvalue weighted by Gasteiger charge is -2.23. The molecule has 0 spiro atoms. The highest BCUT2D eigenvalue weighted by Crippen LogP contribution is 2.29. The summed E-state index contributed by atoms with van der Waals surface area (Å²) in [5, 5.41) is 0. The number of Topliss-reactive ketones (excluding diaryl/α,β-unsaturated/α-hetero) is 1. The number of hydrogen-bond acceptors (Lipinski definition) is 3. The smallest absolute Gasteiger partial charge is 0.171 e. The van der Waals surface area contributed by atoms with Crippen LogP contribution in [0, 0.1) is 11.7 Å². The molecule has 4 heteroatoms. The van der Waals surface area contributed by atoms with Crippen LogP contribution in [0.3, 0.4) is 0 Å². The van der Waals surface area contributed by atoms with Crippen molar-refractivity contribution in [1.29, 1.82) is 0 Å². The van der Waals surface area contributed by atoms with Gasteiger partial charge in [0.15, 0.2) is 17.3 Å². The number of fused-ring (bicyclic) bond motifs is 1. The van der Waals surface area contributed by atoms with Gasteiger partial charge in [-0.2, -0.15) is 0 Å². The molecule has 2 rings (SSSR count). The highest BCUT2D eigenvalue weighted by atomic mass is 19.1. The monoisotopic (exact) mass is 265 g/mol. The van der Waals surface area contributed by atoms with Crippen LogP contribution in [-0.2, 0) is 0 Å². The third-order valence-electron chi connectivity index (χ3n) is 3.69. The van der Waals surface area contributed by atoms with E-state index in [1.165, 1.54) is 6.07 Å². The SMILES string of the molecule is CCN(CC)CC1CCOc2c(F)cccc2C1=O. The normalized spacial score (nSPS) is 18.9. The van der Waals surface area contributed by atoms with Gasteiger partial charge in [-0.1, -0.05) is 19.9 Å². The molecule has 0 saturated heterocycles. The molecule has 1 unspecified atom stereocenters. The Bertz CT molecular complexity index is 457. The van der Waals surface area contributed by atoms with Crippen LogP contribution >= 0.6 is 0 Å². The summed E-state index contributed by atoms with van der Waals surface area (Å²) in [5.74, 6) is -0.439. The van der Waals surface area contributed by atoms with E-state index in [-0.39, 0.29) is 17.5 Å². The molecule has 1 aromatic carbocycles. The number of carbonyl (C=O) groups is 1. The molecule has 0 aliphatic carbocycles. The van der Waals surface area contributed by atoms with Crippen LogP contribution in [0.25, 0.3) is 0 Å². The van der Waals surface area contributed by atoms with Crippen LogP contribution < -0.4 is 4.74 Å². The van der Waals surface area contributed by atoms with Crippen molar-refractivity contribution >= 4 is 5.78 Å². The first-order valence-corrected chi connectivity index (χ1v) is 6.85. The van der Waals surface area contributed by atoms with E-state index in [4.69, 9.17) is 4.74 Å². The average Bonchev–Trinajstić information content (AvgIpc) is 2.58. The lowest BCUT2D eigenvalue weighted by Crippen LogP contribution is -2.33. The predicted molar refractivity (Wildman–Crippen MR) is 72.1 cm³/mol. The summed E-state index contributed by atoms with van der Waals surface area (Å²) in [6.45, 7) is 7.09. The van der Waals surface area contributed by atoms with Gasteiger partial charge >= 0.3 is 0 Å². The molecular formula is C15H20FNO2. The molecule has 104 valence electrons. The van der Waals surface area contributed by atoms with E-state index in [1.54, 1.807) is 12.1 Å². The zero-order valence-corrected chi connectivity index (χ0v) is 11.5. The topological polar surface area (TPSA) is 29.5 Å². The standard InChI is InChI=1S/C15H20FNO2/c1-3-17(4-2)10-11-8-9-19-15-12(14(11)18)6-5-7-13(15)16/h5-7,11H,3-4,8-10H2,1-2H3. The van der Waals surface area contributed by atoms with Gasteiger partial charge in [-0.05, 0) is 31.6 Å². The summed E-state index contributed by atoms with van der Waals surface area (Å²) in [6.07, 6.45) is 0.642. The van der Waals surface area contributed by atoms with Gasteiger partial charge < -0.3 is 9.64 Å². The molecule has 1 heterocycles. The van der Waals surface area contributed by atoms with Gasteiger partial charge in [-0.15, -0.1) is 0 Å². The molecule has 3 nitrogen and oxygen atoms in total. The van der Waals surface area contributed by atoms with Crippen molar-refractivity contribution in [3.8, 4) is 5.75 Å². The molecule has 0 saturated carbocycles. The van der Waals surface area contributed by atoms with E-state index >= 15 is 0 Å². The lowest BCUT2D eigenvalue weighted by atomic mass is 9.94. The molecular weight excluding hydrogens is 245 g/mol. The van der Waals surface area contributed by atoms with Crippen LogP contribution in [-0.4, -0.2) is 36.9 Å². The second kappa shape index (κ2) is 6.15. The maximum Gasteiger partial charge on any atom is 0.171 e. The summed E-state index contributed by atoms with van der Waals surface area (Å²) in [4.78, 5) is 14.7. The quantitative estimate of drug-likeness (QED) is 0.838. The Kier molecular flexibility index (Phi) is 4.53. The zero-order valence-electron chi connectivity index (χ0n) is 11.5. The van der Waals surface area contributed by atoms with Crippen LogP contribution in [0.15, 0.2) is 18.2 Å². The average molecular weight is 265 g/mol. The Morgan fingerprint density at radius 2 is 2.11 bits per heavy atom. The summed E-state index contributed by atoms with van der Waals surface area (Å²) < 4.78 is 19.1. The van der Waals surface area contributed by atoms with Gasteiger partial charge in [0.05, 0.1) is 12.2 Å². The fourth-order valence-corrected chi connectivity index (χ4v) is 2.47. The minimum Gasteiger partial charge on any atom is -0.490 e. The molecule has 0 fully saturated rings. The lowest BCUT2D eigenvalue weighted by molar-refractivity contribution is 0.0877. The fraction of sp³-hybridized carbons (Fsp3) is 0.533. The minimum absolute atomic E-state index is 0.00102. The summed E-state index contributed by atoms with van der Waals surface area (Å²) in [7, 11) is 0. The van der Waals surface area contributed by atoms with Gasteiger partial charge in [0, 0.05) is 12.5 Å². The number of nitrogens with zero attached hydrogens (tertiary/aromatic N) is 1. The number of halogens is 1. The molecule has 19 heavy (non-hydrogen) atoms.